The highest BCUT2D eigenvalue weighted by atomic mass is 16.5. The summed E-state index contributed by atoms with van der Waals surface area (Å²) in [5.74, 6) is -0.926. The molecule has 1 rings (SSSR count). The van der Waals surface area contributed by atoms with Gasteiger partial charge in [0.05, 0.1) is 19.6 Å². The fourth-order valence-electron chi connectivity index (χ4n) is 1.53. The summed E-state index contributed by atoms with van der Waals surface area (Å²) in [6, 6.07) is 1.21. The van der Waals surface area contributed by atoms with Gasteiger partial charge in [0.1, 0.15) is 0 Å². The summed E-state index contributed by atoms with van der Waals surface area (Å²) in [5.41, 5.74) is -1.05. The molecular weight excluding hydrogens is 292 g/mol. The highest BCUT2D eigenvalue weighted by Gasteiger charge is 2.05. The van der Waals surface area contributed by atoms with E-state index in [-0.39, 0.29) is 26.2 Å². The van der Waals surface area contributed by atoms with E-state index in [9.17, 15) is 19.2 Å². The number of ether oxygens (including phenoxy) is 2. The zero-order chi connectivity index (χ0) is 16.4. The summed E-state index contributed by atoms with van der Waals surface area (Å²) in [7, 11) is 0. The van der Waals surface area contributed by atoms with Gasteiger partial charge >= 0.3 is 17.6 Å². The van der Waals surface area contributed by atoms with E-state index < -0.39 is 23.2 Å². The number of aromatic amines is 1. The lowest BCUT2D eigenvalue weighted by Crippen LogP contribution is -2.29. The van der Waals surface area contributed by atoms with E-state index in [0.29, 0.717) is 12.8 Å². The van der Waals surface area contributed by atoms with Gasteiger partial charge < -0.3 is 14.0 Å². The quantitative estimate of drug-likeness (QED) is 0.390. The van der Waals surface area contributed by atoms with Gasteiger partial charge in [-0.15, -0.1) is 0 Å². The molecule has 0 atom stereocenters. The average Bonchev–Trinajstić information content (AvgIpc) is 2.49. The molecule has 0 saturated heterocycles. The second-order valence-electron chi connectivity index (χ2n) is 4.35. The van der Waals surface area contributed by atoms with Crippen LogP contribution in [0.15, 0.2) is 34.5 Å². The van der Waals surface area contributed by atoms with Crippen molar-refractivity contribution < 1.29 is 19.1 Å². The number of aromatic nitrogens is 2. The minimum Gasteiger partial charge on any atom is -0.466 e. The van der Waals surface area contributed by atoms with Gasteiger partial charge in [-0.25, -0.2) is 9.59 Å². The van der Waals surface area contributed by atoms with Crippen LogP contribution in [0.25, 0.3) is 0 Å². The second kappa shape index (κ2) is 9.32. The molecule has 0 spiro atoms. The number of hydrogen-bond acceptors (Lipinski definition) is 6. The first-order chi connectivity index (χ1) is 10.5. The maximum Gasteiger partial charge on any atom is 0.330 e. The number of nitrogens with zero attached hydrogens (tertiary/aromatic N) is 1. The lowest BCUT2D eigenvalue weighted by molar-refractivity contribution is -0.144. The maximum absolute atomic E-state index is 11.5. The van der Waals surface area contributed by atoms with Crippen LogP contribution in [0.2, 0.25) is 0 Å². The van der Waals surface area contributed by atoms with E-state index in [1.54, 1.807) is 0 Å². The molecule has 1 aromatic heterocycles. The number of hydrogen-bond donors (Lipinski definition) is 1. The van der Waals surface area contributed by atoms with E-state index in [1.165, 1.54) is 16.8 Å². The third kappa shape index (κ3) is 6.69. The number of rotatable bonds is 9. The van der Waals surface area contributed by atoms with E-state index in [4.69, 9.17) is 9.47 Å². The van der Waals surface area contributed by atoms with Crippen LogP contribution < -0.4 is 11.2 Å². The first-order valence-corrected chi connectivity index (χ1v) is 6.77. The number of aryl methyl sites for hydroxylation is 1. The SMILES string of the molecule is C=CC(=O)OCCCCOC(=O)CCn1ccc(=O)[nH]c1=O. The van der Waals surface area contributed by atoms with E-state index in [0.717, 1.165) is 6.08 Å². The Morgan fingerprint density at radius 2 is 1.91 bits per heavy atom. The highest BCUT2D eigenvalue weighted by Crippen LogP contribution is 1.96. The second-order valence-corrected chi connectivity index (χ2v) is 4.35. The lowest BCUT2D eigenvalue weighted by Gasteiger charge is -2.06. The van der Waals surface area contributed by atoms with Gasteiger partial charge in [0.25, 0.3) is 5.56 Å². The standard InChI is InChI=1S/C14H18N2O6/c1-2-12(18)21-9-3-4-10-22-13(19)6-8-16-7-5-11(17)15-14(16)20/h2,5,7H,1,3-4,6,8-10H2,(H,15,17,20). The van der Waals surface area contributed by atoms with Crippen molar-refractivity contribution in [3.8, 4) is 0 Å². The molecule has 8 heteroatoms. The molecule has 0 aromatic carbocycles. The topological polar surface area (TPSA) is 107 Å². The third-order valence-electron chi connectivity index (χ3n) is 2.67. The number of esters is 2. The molecule has 8 nitrogen and oxygen atoms in total. The first kappa shape index (κ1) is 17.4. The highest BCUT2D eigenvalue weighted by molar-refractivity contribution is 5.81. The van der Waals surface area contributed by atoms with Gasteiger partial charge in [-0.05, 0) is 12.8 Å². The molecule has 0 amide bonds. The van der Waals surface area contributed by atoms with Crippen LogP contribution in [0, 0.1) is 0 Å². The molecule has 120 valence electrons. The molecule has 0 fully saturated rings. The molecule has 0 aliphatic rings. The number of unbranched alkanes of at least 4 members (excludes halogenated alkanes) is 1. The number of H-pyrrole nitrogens is 1. The van der Waals surface area contributed by atoms with Crippen molar-refractivity contribution in [2.75, 3.05) is 13.2 Å². The van der Waals surface area contributed by atoms with Gasteiger partial charge in [-0.3, -0.25) is 14.6 Å². The van der Waals surface area contributed by atoms with Crippen LogP contribution in [0.3, 0.4) is 0 Å². The Bertz CT molecular complexity index is 631. The molecule has 1 N–H and O–H groups in total. The van der Waals surface area contributed by atoms with Crippen molar-refractivity contribution in [3.63, 3.8) is 0 Å². The minimum atomic E-state index is -0.565. The van der Waals surface area contributed by atoms with E-state index in [2.05, 4.69) is 11.6 Å². The van der Waals surface area contributed by atoms with E-state index in [1.807, 2.05) is 0 Å². The van der Waals surface area contributed by atoms with Crippen molar-refractivity contribution in [1.82, 2.24) is 9.55 Å². The van der Waals surface area contributed by atoms with E-state index >= 15 is 0 Å². The molecule has 0 unspecified atom stereocenters. The monoisotopic (exact) mass is 310 g/mol. The predicted octanol–water partition coefficient (Wildman–Crippen LogP) is -0.0207. The predicted molar refractivity (Wildman–Crippen MR) is 77.3 cm³/mol. The molecule has 1 heterocycles. The lowest BCUT2D eigenvalue weighted by atomic mass is 10.3. The fourth-order valence-corrected chi connectivity index (χ4v) is 1.53. The van der Waals surface area contributed by atoms with Gasteiger partial charge in [0.2, 0.25) is 0 Å². The normalized spacial score (nSPS) is 10.0. The van der Waals surface area contributed by atoms with Crippen LogP contribution in [0.5, 0.6) is 0 Å². The van der Waals surface area contributed by atoms with Crippen LogP contribution in [0.1, 0.15) is 19.3 Å². The maximum atomic E-state index is 11.5. The largest absolute Gasteiger partial charge is 0.466 e. The van der Waals surface area contributed by atoms with Crippen LogP contribution in [0.4, 0.5) is 0 Å². The van der Waals surface area contributed by atoms with Gasteiger partial charge in [0.15, 0.2) is 0 Å². The summed E-state index contributed by atoms with van der Waals surface area (Å²) in [5, 5.41) is 0. The average molecular weight is 310 g/mol. The summed E-state index contributed by atoms with van der Waals surface area (Å²) >= 11 is 0. The van der Waals surface area contributed by atoms with Gasteiger partial charge in [0, 0.05) is 24.9 Å². The Morgan fingerprint density at radius 1 is 1.23 bits per heavy atom. The smallest absolute Gasteiger partial charge is 0.330 e. The molecule has 1 aromatic rings. The molecule has 0 bridgehead atoms. The Balaban J connectivity index is 2.16. The summed E-state index contributed by atoms with van der Waals surface area (Å²) in [6.45, 7) is 3.86. The van der Waals surface area contributed by atoms with Crippen LogP contribution in [-0.2, 0) is 25.6 Å². The number of carbonyl (C=O) groups is 2. The molecule has 0 saturated carbocycles. The van der Waals surface area contributed by atoms with Crippen molar-refractivity contribution in [2.45, 2.75) is 25.8 Å². The molecule has 22 heavy (non-hydrogen) atoms. The third-order valence-corrected chi connectivity index (χ3v) is 2.67. The molecule has 0 aliphatic carbocycles. The number of nitrogens with one attached hydrogen (secondary N) is 1. The van der Waals surface area contributed by atoms with Crippen molar-refractivity contribution >= 4 is 11.9 Å². The Kier molecular flexibility index (Phi) is 7.38. The van der Waals surface area contributed by atoms with Crippen molar-refractivity contribution in [2.24, 2.45) is 0 Å². The van der Waals surface area contributed by atoms with Crippen LogP contribution in [-0.4, -0.2) is 34.7 Å². The van der Waals surface area contributed by atoms with Crippen molar-refractivity contribution in [3.05, 3.63) is 45.8 Å². The van der Waals surface area contributed by atoms with Crippen LogP contribution >= 0.6 is 0 Å². The van der Waals surface area contributed by atoms with Gasteiger partial charge in [-0.2, -0.15) is 0 Å². The zero-order valence-corrected chi connectivity index (χ0v) is 12.1. The molecule has 0 radical (unpaired) electrons. The summed E-state index contributed by atoms with van der Waals surface area (Å²) < 4.78 is 11.0. The number of carbonyl (C=O) groups excluding carboxylic acids is 2. The van der Waals surface area contributed by atoms with Crippen molar-refractivity contribution in [1.29, 1.82) is 0 Å². The summed E-state index contributed by atoms with van der Waals surface area (Å²) in [6.07, 6.45) is 3.57. The Morgan fingerprint density at radius 3 is 2.55 bits per heavy atom. The first-order valence-electron chi connectivity index (χ1n) is 6.77. The Hall–Kier alpha value is -2.64. The van der Waals surface area contributed by atoms with Gasteiger partial charge in [-0.1, -0.05) is 6.58 Å². The minimum absolute atomic E-state index is 0.0252. The Labute approximate surface area is 126 Å². The summed E-state index contributed by atoms with van der Waals surface area (Å²) in [4.78, 5) is 46.6. The molecular formula is C14H18N2O6. The molecule has 0 aliphatic heterocycles. The fraction of sp³-hybridized carbons (Fsp3) is 0.429. The zero-order valence-electron chi connectivity index (χ0n) is 12.1.